The minimum Gasteiger partial charge on any atom is -0.465 e. The van der Waals surface area contributed by atoms with Crippen LogP contribution in [0.2, 0.25) is 0 Å². The summed E-state index contributed by atoms with van der Waals surface area (Å²) in [5.41, 5.74) is 6.48. The predicted molar refractivity (Wildman–Crippen MR) is 87.8 cm³/mol. The summed E-state index contributed by atoms with van der Waals surface area (Å²) in [6.45, 7) is 0. The standard InChI is InChI=1S/C19H18O2S/c1-21-19(20)16-8-6-12-5-7-15-9-13-3-2-4-14(13)10-18(15)22-17(12)11-16/h6,8-11H,2-5,7H2,1H3. The van der Waals surface area contributed by atoms with Crippen molar-refractivity contribution in [2.24, 2.45) is 0 Å². The average molecular weight is 310 g/mol. The van der Waals surface area contributed by atoms with Gasteiger partial charge in [-0.25, -0.2) is 4.79 Å². The van der Waals surface area contributed by atoms with Crippen LogP contribution in [0.3, 0.4) is 0 Å². The van der Waals surface area contributed by atoms with Crippen LogP contribution in [-0.2, 0) is 30.4 Å². The Labute approximate surface area is 134 Å². The molecule has 1 aliphatic heterocycles. The van der Waals surface area contributed by atoms with Gasteiger partial charge >= 0.3 is 5.97 Å². The summed E-state index contributed by atoms with van der Waals surface area (Å²) >= 11 is 1.80. The Bertz CT molecular complexity index is 764. The van der Waals surface area contributed by atoms with Crippen LogP contribution in [0.4, 0.5) is 0 Å². The second-order valence-electron chi connectivity index (χ2n) is 6.00. The van der Waals surface area contributed by atoms with E-state index in [-0.39, 0.29) is 5.97 Å². The molecular formula is C19H18O2S. The van der Waals surface area contributed by atoms with Crippen LogP contribution in [0, 0.1) is 0 Å². The molecule has 0 saturated heterocycles. The van der Waals surface area contributed by atoms with Crippen molar-refractivity contribution in [1.82, 2.24) is 0 Å². The zero-order valence-corrected chi connectivity index (χ0v) is 13.5. The Morgan fingerprint density at radius 1 is 0.909 bits per heavy atom. The van der Waals surface area contributed by atoms with Gasteiger partial charge in [-0.15, -0.1) is 0 Å². The van der Waals surface area contributed by atoms with Crippen LogP contribution in [0.25, 0.3) is 0 Å². The van der Waals surface area contributed by atoms with E-state index in [1.165, 1.54) is 52.9 Å². The van der Waals surface area contributed by atoms with Crippen molar-refractivity contribution in [1.29, 1.82) is 0 Å². The number of carbonyl (C=O) groups excluding carboxylic acids is 1. The first-order valence-electron chi connectivity index (χ1n) is 7.78. The van der Waals surface area contributed by atoms with Crippen molar-refractivity contribution < 1.29 is 9.53 Å². The van der Waals surface area contributed by atoms with Gasteiger partial charge in [0.15, 0.2) is 0 Å². The van der Waals surface area contributed by atoms with Crippen LogP contribution in [0.15, 0.2) is 40.1 Å². The molecule has 2 aliphatic rings. The van der Waals surface area contributed by atoms with Crippen LogP contribution >= 0.6 is 11.8 Å². The Balaban J connectivity index is 1.75. The lowest BCUT2D eigenvalue weighted by Crippen LogP contribution is -2.02. The fourth-order valence-corrected chi connectivity index (χ4v) is 4.65. The number of methoxy groups -OCH3 is 1. The molecule has 0 amide bonds. The lowest BCUT2D eigenvalue weighted by Gasteiger charge is -2.09. The quantitative estimate of drug-likeness (QED) is 0.738. The molecule has 0 saturated carbocycles. The van der Waals surface area contributed by atoms with Gasteiger partial charge in [0.25, 0.3) is 0 Å². The first-order valence-corrected chi connectivity index (χ1v) is 8.60. The van der Waals surface area contributed by atoms with Crippen molar-refractivity contribution in [2.45, 2.75) is 41.9 Å². The van der Waals surface area contributed by atoms with Crippen LogP contribution in [-0.4, -0.2) is 13.1 Å². The van der Waals surface area contributed by atoms with Gasteiger partial charge in [0.1, 0.15) is 0 Å². The van der Waals surface area contributed by atoms with Crippen LogP contribution in [0.5, 0.6) is 0 Å². The first-order chi connectivity index (χ1) is 10.7. The SMILES string of the molecule is COC(=O)c1ccc2c(c1)Sc1cc3c(cc1CC2)CCC3. The number of hydrogen-bond donors (Lipinski definition) is 0. The van der Waals surface area contributed by atoms with Crippen molar-refractivity contribution in [3.05, 3.63) is 58.1 Å². The number of aryl methyl sites for hydroxylation is 4. The molecule has 0 unspecified atom stereocenters. The van der Waals surface area contributed by atoms with Gasteiger partial charge < -0.3 is 4.74 Å². The average Bonchev–Trinajstić information content (AvgIpc) is 2.91. The van der Waals surface area contributed by atoms with E-state index >= 15 is 0 Å². The summed E-state index contributed by atoms with van der Waals surface area (Å²) in [5.74, 6) is -0.262. The molecule has 3 heteroatoms. The number of benzene rings is 2. The molecule has 0 atom stereocenters. The summed E-state index contributed by atoms with van der Waals surface area (Å²) in [4.78, 5) is 14.3. The second kappa shape index (κ2) is 5.47. The highest BCUT2D eigenvalue weighted by atomic mass is 32.2. The summed E-state index contributed by atoms with van der Waals surface area (Å²) in [6, 6.07) is 10.7. The number of rotatable bonds is 1. The van der Waals surface area contributed by atoms with Gasteiger partial charge in [0.05, 0.1) is 12.7 Å². The Hall–Kier alpha value is -1.74. The monoisotopic (exact) mass is 310 g/mol. The third-order valence-corrected chi connectivity index (χ3v) is 5.85. The molecule has 0 spiro atoms. The molecule has 0 radical (unpaired) electrons. The van der Waals surface area contributed by atoms with Crippen LogP contribution < -0.4 is 0 Å². The molecule has 1 aliphatic carbocycles. The van der Waals surface area contributed by atoms with Crippen molar-refractivity contribution >= 4 is 17.7 Å². The van der Waals surface area contributed by atoms with Gasteiger partial charge in [-0.3, -0.25) is 0 Å². The minimum atomic E-state index is -0.262. The number of fused-ring (bicyclic) bond motifs is 3. The van der Waals surface area contributed by atoms with Gasteiger partial charge in [-0.1, -0.05) is 23.9 Å². The van der Waals surface area contributed by atoms with E-state index < -0.39 is 0 Å². The van der Waals surface area contributed by atoms with Gasteiger partial charge in [-0.05, 0) is 72.6 Å². The van der Waals surface area contributed by atoms with E-state index in [4.69, 9.17) is 4.74 Å². The van der Waals surface area contributed by atoms with Crippen molar-refractivity contribution in [3.8, 4) is 0 Å². The minimum absolute atomic E-state index is 0.262. The lowest BCUT2D eigenvalue weighted by atomic mass is 10.00. The summed E-state index contributed by atoms with van der Waals surface area (Å²) < 4.78 is 4.84. The molecule has 1 heterocycles. The van der Waals surface area contributed by atoms with Gasteiger partial charge in [-0.2, -0.15) is 0 Å². The Kier molecular flexibility index (Phi) is 3.45. The first kappa shape index (κ1) is 13.9. The molecule has 4 rings (SSSR count). The molecule has 2 nitrogen and oxygen atoms in total. The van der Waals surface area contributed by atoms with Gasteiger partial charge in [0, 0.05) is 9.79 Å². The third-order valence-electron chi connectivity index (χ3n) is 4.65. The molecule has 0 N–H and O–H groups in total. The number of esters is 1. The van der Waals surface area contributed by atoms with E-state index in [1.807, 2.05) is 12.1 Å². The fraction of sp³-hybridized carbons (Fsp3) is 0.316. The molecule has 0 bridgehead atoms. The normalized spacial score (nSPS) is 15.5. The smallest absolute Gasteiger partial charge is 0.337 e. The highest BCUT2D eigenvalue weighted by Gasteiger charge is 2.20. The maximum Gasteiger partial charge on any atom is 0.337 e. The molecular weight excluding hydrogens is 292 g/mol. The number of ether oxygens (including phenoxy) is 1. The van der Waals surface area contributed by atoms with E-state index in [0.29, 0.717) is 5.56 Å². The lowest BCUT2D eigenvalue weighted by molar-refractivity contribution is 0.0600. The van der Waals surface area contributed by atoms with Gasteiger partial charge in [0.2, 0.25) is 0 Å². The summed E-state index contributed by atoms with van der Waals surface area (Å²) in [7, 11) is 1.43. The van der Waals surface area contributed by atoms with Crippen molar-refractivity contribution in [2.75, 3.05) is 7.11 Å². The fourth-order valence-electron chi connectivity index (χ4n) is 3.43. The van der Waals surface area contributed by atoms with E-state index in [1.54, 1.807) is 17.3 Å². The number of carbonyl (C=O) groups is 1. The maximum atomic E-state index is 11.8. The Morgan fingerprint density at radius 3 is 2.45 bits per heavy atom. The number of hydrogen-bond acceptors (Lipinski definition) is 3. The predicted octanol–water partition coefficient (Wildman–Crippen LogP) is 4.21. The molecule has 22 heavy (non-hydrogen) atoms. The maximum absolute atomic E-state index is 11.8. The topological polar surface area (TPSA) is 26.3 Å². The third kappa shape index (κ3) is 2.34. The second-order valence-corrected chi connectivity index (χ2v) is 7.08. The molecule has 2 aromatic carbocycles. The molecule has 0 aromatic heterocycles. The van der Waals surface area contributed by atoms with E-state index in [9.17, 15) is 4.79 Å². The summed E-state index contributed by atoms with van der Waals surface area (Å²) in [6.07, 6.45) is 5.84. The van der Waals surface area contributed by atoms with Crippen molar-refractivity contribution in [3.63, 3.8) is 0 Å². The zero-order valence-electron chi connectivity index (χ0n) is 12.6. The van der Waals surface area contributed by atoms with Crippen LogP contribution in [0.1, 0.15) is 39.0 Å². The summed E-state index contributed by atoms with van der Waals surface area (Å²) in [5, 5.41) is 0. The molecule has 2 aromatic rings. The largest absolute Gasteiger partial charge is 0.465 e. The highest BCUT2D eigenvalue weighted by Crippen LogP contribution is 2.40. The Morgan fingerprint density at radius 2 is 1.64 bits per heavy atom. The molecule has 0 fully saturated rings. The molecule has 112 valence electrons. The van der Waals surface area contributed by atoms with E-state index in [2.05, 4.69) is 18.2 Å². The highest BCUT2D eigenvalue weighted by molar-refractivity contribution is 7.99. The van der Waals surface area contributed by atoms with E-state index in [0.717, 1.165) is 12.8 Å². The zero-order chi connectivity index (χ0) is 15.1.